The Morgan fingerprint density at radius 3 is 1.08 bits per heavy atom. The maximum absolute atomic E-state index is 2.41. The first-order chi connectivity index (χ1) is 23.8. The third-order valence-electron chi connectivity index (χ3n) is 9.17. The molecule has 0 fully saturated rings. The van der Waals surface area contributed by atoms with Gasteiger partial charge in [0.1, 0.15) is 0 Å². The SMILES string of the molecule is CCCCc1ccc(N2c3ccc(C)cc3Sc3cc(C)ccc32)cc1.Cc1ccc(N2c3ccc(C)cc3Sc3cc(C)ccc32)cc1. The van der Waals surface area contributed by atoms with Crippen LogP contribution in [0.3, 0.4) is 0 Å². The Balaban J connectivity index is 0.000000155. The quantitative estimate of drug-likeness (QED) is 0.179. The lowest BCUT2D eigenvalue weighted by Gasteiger charge is -2.33. The molecule has 246 valence electrons. The lowest BCUT2D eigenvalue weighted by atomic mass is 10.1. The second-order valence-electron chi connectivity index (χ2n) is 13.4. The molecule has 0 aromatic heterocycles. The minimum Gasteiger partial charge on any atom is -0.308 e. The van der Waals surface area contributed by atoms with Crippen molar-refractivity contribution in [1.82, 2.24) is 0 Å². The first kappa shape index (κ1) is 33.1. The Bertz CT molecular complexity index is 2010. The maximum atomic E-state index is 2.41. The average molecular weight is 677 g/mol. The fourth-order valence-corrected chi connectivity index (χ4v) is 9.00. The van der Waals surface area contributed by atoms with Crippen molar-refractivity contribution in [3.63, 3.8) is 0 Å². The summed E-state index contributed by atoms with van der Waals surface area (Å²) in [6, 6.07) is 44.8. The first-order valence-corrected chi connectivity index (χ1v) is 18.9. The molecule has 0 bridgehead atoms. The van der Waals surface area contributed by atoms with Crippen LogP contribution in [0.1, 0.15) is 53.1 Å². The van der Waals surface area contributed by atoms with Gasteiger partial charge in [0.05, 0.1) is 22.7 Å². The topological polar surface area (TPSA) is 6.48 Å². The molecule has 49 heavy (non-hydrogen) atoms. The number of unbranched alkanes of at least 4 members (excludes halogenated alkanes) is 1. The van der Waals surface area contributed by atoms with Crippen LogP contribution in [0.25, 0.3) is 0 Å². The lowest BCUT2D eigenvalue weighted by molar-refractivity contribution is 0.795. The Morgan fingerprint density at radius 2 is 0.735 bits per heavy atom. The van der Waals surface area contributed by atoms with Gasteiger partial charge in [0.2, 0.25) is 0 Å². The largest absolute Gasteiger partial charge is 0.308 e. The molecule has 0 amide bonds. The van der Waals surface area contributed by atoms with Crippen molar-refractivity contribution in [1.29, 1.82) is 0 Å². The number of fused-ring (bicyclic) bond motifs is 4. The second-order valence-corrected chi connectivity index (χ2v) is 15.5. The van der Waals surface area contributed by atoms with Crippen LogP contribution in [0.5, 0.6) is 0 Å². The smallest absolute Gasteiger partial charge is 0.0601 e. The van der Waals surface area contributed by atoms with Crippen LogP contribution in [-0.4, -0.2) is 0 Å². The third-order valence-corrected chi connectivity index (χ3v) is 11.4. The Labute approximate surface area is 301 Å². The van der Waals surface area contributed by atoms with Gasteiger partial charge >= 0.3 is 0 Å². The molecule has 2 nitrogen and oxygen atoms in total. The number of nitrogens with zero attached hydrogens (tertiary/aromatic N) is 2. The number of benzene rings is 6. The molecule has 4 heteroatoms. The van der Waals surface area contributed by atoms with Gasteiger partial charge in [-0.05, 0) is 148 Å². The molecule has 0 aliphatic carbocycles. The fraction of sp³-hybridized carbons (Fsp3) is 0.200. The molecule has 0 N–H and O–H groups in total. The van der Waals surface area contributed by atoms with E-state index in [1.807, 2.05) is 23.5 Å². The van der Waals surface area contributed by atoms with Crippen LogP contribution in [0.15, 0.2) is 141 Å². The zero-order chi connectivity index (χ0) is 34.1. The van der Waals surface area contributed by atoms with Crippen molar-refractivity contribution in [2.24, 2.45) is 0 Å². The molecule has 0 radical (unpaired) electrons. The van der Waals surface area contributed by atoms with Crippen LogP contribution in [0.4, 0.5) is 34.1 Å². The minimum absolute atomic E-state index is 1.16. The molecular weight excluding hydrogens is 633 g/mol. The molecule has 0 spiro atoms. The van der Waals surface area contributed by atoms with Gasteiger partial charge in [-0.2, -0.15) is 0 Å². The van der Waals surface area contributed by atoms with Crippen LogP contribution >= 0.6 is 23.5 Å². The van der Waals surface area contributed by atoms with Crippen LogP contribution < -0.4 is 9.80 Å². The highest BCUT2D eigenvalue weighted by molar-refractivity contribution is 8.00. The zero-order valence-corrected chi connectivity index (χ0v) is 31.0. The van der Waals surface area contributed by atoms with E-state index in [4.69, 9.17) is 0 Å². The van der Waals surface area contributed by atoms with Gasteiger partial charge in [0.15, 0.2) is 0 Å². The molecule has 0 saturated heterocycles. The number of aryl methyl sites for hydroxylation is 6. The summed E-state index contributed by atoms with van der Waals surface area (Å²) in [5.41, 5.74) is 15.5. The second kappa shape index (κ2) is 14.2. The number of anilines is 6. The van der Waals surface area contributed by atoms with E-state index >= 15 is 0 Å². The van der Waals surface area contributed by atoms with Gasteiger partial charge in [0.25, 0.3) is 0 Å². The highest BCUT2D eigenvalue weighted by atomic mass is 32.2. The molecule has 6 aromatic carbocycles. The summed E-state index contributed by atoms with van der Waals surface area (Å²) in [6.07, 6.45) is 3.66. The van der Waals surface area contributed by atoms with Gasteiger partial charge < -0.3 is 9.80 Å². The van der Waals surface area contributed by atoms with Gasteiger partial charge in [-0.1, -0.05) is 91.0 Å². The number of hydrogen-bond donors (Lipinski definition) is 0. The Kier molecular flexibility index (Phi) is 9.62. The zero-order valence-electron chi connectivity index (χ0n) is 29.4. The van der Waals surface area contributed by atoms with Crippen molar-refractivity contribution in [3.8, 4) is 0 Å². The highest BCUT2D eigenvalue weighted by Gasteiger charge is 2.26. The predicted molar refractivity (Wildman–Crippen MR) is 213 cm³/mol. The monoisotopic (exact) mass is 676 g/mol. The van der Waals surface area contributed by atoms with E-state index in [0.29, 0.717) is 0 Å². The minimum atomic E-state index is 1.16. The van der Waals surface area contributed by atoms with E-state index in [2.05, 4.69) is 173 Å². The summed E-state index contributed by atoms with van der Waals surface area (Å²) in [5, 5.41) is 0. The fourth-order valence-electron chi connectivity index (χ4n) is 6.49. The van der Waals surface area contributed by atoms with Crippen molar-refractivity contribution >= 4 is 57.6 Å². The summed E-state index contributed by atoms with van der Waals surface area (Å²) in [6.45, 7) is 13.0. The van der Waals surface area contributed by atoms with Crippen LogP contribution in [-0.2, 0) is 6.42 Å². The molecule has 8 rings (SSSR count). The van der Waals surface area contributed by atoms with E-state index in [1.54, 1.807) is 0 Å². The molecule has 2 aliphatic heterocycles. The summed E-state index contributed by atoms with van der Waals surface area (Å²) in [7, 11) is 0. The lowest BCUT2D eigenvalue weighted by Crippen LogP contribution is -2.15. The average Bonchev–Trinajstić information content (AvgIpc) is 3.09. The van der Waals surface area contributed by atoms with Gasteiger partial charge in [0, 0.05) is 31.0 Å². The summed E-state index contributed by atoms with van der Waals surface area (Å²) < 4.78 is 0. The third kappa shape index (κ3) is 7.04. The van der Waals surface area contributed by atoms with E-state index in [9.17, 15) is 0 Å². The van der Waals surface area contributed by atoms with Crippen molar-refractivity contribution in [3.05, 3.63) is 155 Å². The van der Waals surface area contributed by atoms with Crippen LogP contribution in [0.2, 0.25) is 0 Å². The molecule has 2 heterocycles. The summed E-state index contributed by atoms with van der Waals surface area (Å²) in [5.74, 6) is 0. The molecular formula is C45H44N2S2. The van der Waals surface area contributed by atoms with Gasteiger partial charge in [-0.25, -0.2) is 0 Å². The molecule has 0 unspecified atom stereocenters. The van der Waals surface area contributed by atoms with E-state index in [1.165, 1.54) is 99.9 Å². The number of hydrogen-bond acceptors (Lipinski definition) is 4. The normalized spacial score (nSPS) is 12.7. The van der Waals surface area contributed by atoms with Crippen molar-refractivity contribution in [2.75, 3.05) is 9.80 Å². The van der Waals surface area contributed by atoms with E-state index < -0.39 is 0 Å². The van der Waals surface area contributed by atoms with Crippen LogP contribution in [0, 0.1) is 34.6 Å². The molecule has 0 saturated carbocycles. The molecule has 2 aliphatic rings. The predicted octanol–water partition coefficient (Wildman–Crippen LogP) is 14.1. The standard InChI is InChI=1S/C24H25NS.C21H19NS/c1-4-5-6-19-9-11-20(12-10-19)25-21-13-7-17(2)15-23(21)26-24-16-18(3)8-14-22(24)25;1-14-4-8-17(9-5-14)22-18-10-6-15(2)12-20(18)23-21-13-16(3)7-11-19(21)22/h7-16H,4-6H2,1-3H3;4-13H,1-3H3. The van der Waals surface area contributed by atoms with Crippen molar-refractivity contribution < 1.29 is 0 Å². The number of rotatable bonds is 5. The van der Waals surface area contributed by atoms with E-state index in [-0.39, 0.29) is 0 Å². The summed E-state index contributed by atoms with van der Waals surface area (Å²) in [4.78, 5) is 10.1. The van der Waals surface area contributed by atoms with Crippen molar-refractivity contribution in [2.45, 2.75) is 80.4 Å². The Morgan fingerprint density at radius 1 is 0.408 bits per heavy atom. The molecule has 0 atom stereocenters. The van der Waals surface area contributed by atoms with Gasteiger partial charge in [-0.3, -0.25) is 0 Å². The first-order valence-electron chi connectivity index (χ1n) is 17.3. The maximum Gasteiger partial charge on any atom is 0.0601 e. The highest BCUT2D eigenvalue weighted by Crippen LogP contribution is 2.53. The van der Waals surface area contributed by atoms with E-state index in [0.717, 1.165) is 6.42 Å². The van der Waals surface area contributed by atoms with Gasteiger partial charge in [-0.15, -0.1) is 0 Å². The summed E-state index contributed by atoms with van der Waals surface area (Å²) >= 11 is 3.75. The Hall–Kier alpha value is -4.38. The molecule has 6 aromatic rings.